The first-order valence-corrected chi connectivity index (χ1v) is 8.68. The number of hydrogen-bond donors (Lipinski definition) is 0. The van der Waals surface area contributed by atoms with Crippen LogP contribution in [0.1, 0.15) is 31.4 Å². The minimum atomic E-state index is -0.817. The summed E-state index contributed by atoms with van der Waals surface area (Å²) >= 11 is 0. The van der Waals surface area contributed by atoms with Gasteiger partial charge in [0.15, 0.2) is 18.2 Å². The number of carbonyl (C=O) groups is 1. The molecule has 1 unspecified atom stereocenters. The van der Waals surface area contributed by atoms with Crippen molar-refractivity contribution in [2.24, 2.45) is 0 Å². The highest BCUT2D eigenvalue weighted by molar-refractivity contribution is 5.78. The van der Waals surface area contributed by atoms with Crippen LogP contribution in [-0.4, -0.2) is 30.6 Å². The van der Waals surface area contributed by atoms with E-state index in [9.17, 15) is 13.6 Å². The van der Waals surface area contributed by atoms with E-state index in [1.165, 1.54) is 6.07 Å². The Morgan fingerprint density at radius 3 is 2.62 bits per heavy atom. The van der Waals surface area contributed by atoms with E-state index in [1.54, 1.807) is 4.90 Å². The zero-order valence-corrected chi connectivity index (χ0v) is 14.6. The predicted octanol–water partition coefficient (Wildman–Crippen LogP) is 4.11. The van der Waals surface area contributed by atoms with Gasteiger partial charge in [0.2, 0.25) is 0 Å². The molecule has 138 valence electrons. The second kappa shape index (κ2) is 8.17. The van der Waals surface area contributed by atoms with E-state index in [-0.39, 0.29) is 24.3 Å². The van der Waals surface area contributed by atoms with E-state index < -0.39 is 11.6 Å². The number of likely N-dealkylation sites (tertiary alicyclic amines) is 1. The highest BCUT2D eigenvalue weighted by atomic mass is 19.1. The van der Waals surface area contributed by atoms with Gasteiger partial charge in [-0.05, 0) is 49.6 Å². The predicted molar refractivity (Wildman–Crippen MR) is 93.2 cm³/mol. The van der Waals surface area contributed by atoms with Crippen LogP contribution in [0.2, 0.25) is 0 Å². The molecule has 1 saturated heterocycles. The zero-order valence-electron chi connectivity index (χ0n) is 14.6. The maximum atomic E-state index is 13.6. The normalized spacial score (nSPS) is 16.6. The molecular formula is C20H21F2NO3. The molecule has 1 aliphatic heterocycles. The first-order valence-electron chi connectivity index (χ1n) is 8.68. The standard InChI is InChI=1S/C20H21F2NO3/c1-2-25-16-8-5-14(6-9-16)18-4-3-11-23(18)20(24)13-26-19-10-7-15(21)12-17(19)22/h5-10,12,18H,2-4,11,13H2,1H3. The van der Waals surface area contributed by atoms with Gasteiger partial charge in [-0.3, -0.25) is 4.79 Å². The lowest BCUT2D eigenvalue weighted by molar-refractivity contribution is -0.134. The second-order valence-electron chi connectivity index (χ2n) is 6.11. The molecule has 6 heteroatoms. The largest absolute Gasteiger partial charge is 0.494 e. The quantitative estimate of drug-likeness (QED) is 0.777. The van der Waals surface area contributed by atoms with Gasteiger partial charge in [-0.25, -0.2) is 8.78 Å². The maximum absolute atomic E-state index is 13.6. The van der Waals surface area contributed by atoms with Gasteiger partial charge in [0.1, 0.15) is 11.6 Å². The summed E-state index contributed by atoms with van der Waals surface area (Å²) in [6, 6.07) is 10.7. The summed E-state index contributed by atoms with van der Waals surface area (Å²) in [5.41, 5.74) is 1.03. The first kappa shape index (κ1) is 18.2. The maximum Gasteiger partial charge on any atom is 0.261 e. The number of benzene rings is 2. The Bertz CT molecular complexity index is 764. The average molecular weight is 361 g/mol. The summed E-state index contributed by atoms with van der Waals surface area (Å²) in [5, 5.41) is 0. The number of hydrogen-bond acceptors (Lipinski definition) is 3. The van der Waals surface area contributed by atoms with Gasteiger partial charge in [-0.2, -0.15) is 0 Å². The number of halogens is 2. The molecule has 0 radical (unpaired) electrons. The fourth-order valence-electron chi connectivity index (χ4n) is 3.18. The van der Waals surface area contributed by atoms with E-state index in [1.807, 2.05) is 31.2 Å². The summed E-state index contributed by atoms with van der Waals surface area (Å²) in [4.78, 5) is 14.3. The molecule has 1 amide bonds. The number of amides is 1. The third-order valence-electron chi connectivity index (χ3n) is 4.39. The van der Waals surface area contributed by atoms with Crippen LogP contribution < -0.4 is 9.47 Å². The zero-order chi connectivity index (χ0) is 18.5. The van der Waals surface area contributed by atoms with E-state index in [2.05, 4.69) is 0 Å². The molecule has 2 aromatic carbocycles. The van der Waals surface area contributed by atoms with Gasteiger partial charge in [0.05, 0.1) is 12.6 Å². The highest BCUT2D eigenvalue weighted by Crippen LogP contribution is 2.33. The van der Waals surface area contributed by atoms with Crippen molar-refractivity contribution >= 4 is 5.91 Å². The summed E-state index contributed by atoms with van der Waals surface area (Å²) in [6.45, 7) is 2.88. The molecule has 0 aliphatic carbocycles. The smallest absolute Gasteiger partial charge is 0.261 e. The lowest BCUT2D eigenvalue weighted by atomic mass is 10.0. The molecule has 4 nitrogen and oxygen atoms in total. The topological polar surface area (TPSA) is 38.8 Å². The molecule has 1 fully saturated rings. The van der Waals surface area contributed by atoms with E-state index in [4.69, 9.17) is 9.47 Å². The SMILES string of the molecule is CCOc1ccc(C2CCCN2C(=O)COc2ccc(F)cc2F)cc1. The molecule has 2 aromatic rings. The number of ether oxygens (including phenoxy) is 2. The van der Waals surface area contributed by atoms with E-state index in [0.717, 1.165) is 36.3 Å². The molecule has 0 bridgehead atoms. The van der Waals surface area contributed by atoms with Gasteiger partial charge in [0.25, 0.3) is 5.91 Å². The summed E-state index contributed by atoms with van der Waals surface area (Å²) in [6.07, 6.45) is 1.76. The summed E-state index contributed by atoms with van der Waals surface area (Å²) in [7, 11) is 0. The third kappa shape index (κ3) is 4.12. The number of nitrogens with zero attached hydrogens (tertiary/aromatic N) is 1. The van der Waals surface area contributed by atoms with E-state index >= 15 is 0 Å². The van der Waals surface area contributed by atoms with Crippen molar-refractivity contribution in [3.63, 3.8) is 0 Å². The average Bonchev–Trinajstić information content (AvgIpc) is 3.11. The fraction of sp³-hybridized carbons (Fsp3) is 0.350. The van der Waals surface area contributed by atoms with Crippen molar-refractivity contribution in [1.29, 1.82) is 0 Å². The van der Waals surface area contributed by atoms with Crippen LogP contribution in [0, 0.1) is 11.6 Å². The van der Waals surface area contributed by atoms with Crippen LogP contribution in [0.25, 0.3) is 0 Å². The van der Waals surface area contributed by atoms with Crippen LogP contribution >= 0.6 is 0 Å². The van der Waals surface area contributed by atoms with Crippen molar-refractivity contribution in [3.05, 3.63) is 59.7 Å². The molecular weight excluding hydrogens is 340 g/mol. The Hall–Kier alpha value is -2.63. The van der Waals surface area contributed by atoms with Crippen LogP contribution in [0.4, 0.5) is 8.78 Å². The molecule has 1 aliphatic rings. The molecule has 1 atom stereocenters. The van der Waals surface area contributed by atoms with Gasteiger partial charge < -0.3 is 14.4 Å². The molecule has 0 aromatic heterocycles. The van der Waals surface area contributed by atoms with Gasteiger partial charge in [-0.1, -0.05) is 12.1 Å². The Morgan fingerprint density at radius 1 is 1.15 bits per heavy atom. The summed E-state index contributed by atoms with van der Waals surface area (Å²) in [5.74, 6) is -1.05. The molecule has 0 N–H and O–H groups in total. The van der Waals surface area contributed by atoms with Crippen molar-refractivity contribution in [2.75, 3.05) is 19.8 Å². The summed E-state index contributed by atoms with van der Waals surface area (Å²) < 4.78 is 37.2. The Morgan fingerprint density at radius 2 is 1.92 bits per heavy atom. The minimum Gasteiger partial charge on any atom is -0.494 e. The number of rotatable bonds is 6. The van der Waals surface area contributed by atoms with Crippen molar-refractivity contribution < 1.29 is 23.0 Å². The third-order valence-corrected chi connectivity index (χ3v) is 4.39. The lowest BCUT2D eigenvalue weighted by Crippen LogP contribution is -2.34. The highest BCUT2D eigenvalue weighted by Gasteiger charge is 2.30. The van der Waals surface area contributed by atoms with E-state index in [0.29, 0.717) is 13.2 Å². The monoisotopic (exact) mass is 361 g/mol. The molecule has 0 spiro atoms. The second-order valence-corrected chi connectivity index (χ2v) is 6.11. The molecule has 0 saturated carbocycles. The van der Waals surface area contributed by atoms with Crippen molar-refractivity contribution in [3.8, 4) is 11.5 Å². The van der Waals surface area contributed by atoms with Crippen LogP contribution in [0.15, 0.2) is 42.5 Å². The van der Waals surface area contributed by atoms with Crippen LogP contribution in [-0.2, 0) is 4.79 Å². The van der Waals surface area contributed by atoms with Gasteiger partial charge in [-0.15, -0.1) is 0 Å². The Kier molecular flexibility index (Phi) is 5.71. The molecule has 26 heavy (non-hydrogen) atoms. The molecule has 1 heterocycles. The first-order chi connectivity index (χ1) is 12.6. The molecule has 3 rings (SSSR count). The Balaban J connectivity index is 1.64. The van der Waals surface area contributed by atoms with Gasteiger partial charge in [0, 0.05) is 12.6 Å². The van der Waals surface area contributed by atoms with Crippen molar-refractivity contribution in [2.45, 2.75) is 25.8 Å². The van der Waals surface area contributed by atoms with Crippen LogP contribution in [0.5, 0.6) is 11.5 Å². The van der Waals surface area contributed by atoms with Gasteiger partial charge >= 0.3 is 0 Å². The lowest BCUT2D eigenvalue weighted by Gasteiger charge is -2.25. The van der Waals surface area contributed by atoms with Crippen molar-refractivity contribution in [1.82, 2.24) is 4.90 Å². The number of carbonyl (C=O) groups excluding carboxylic acids is 1. The Labute approximate surface area is 151 Å². The minimum absolute atomic E-state index is 0.0279. The van der Waals surface area contributed by atoms with Crippen LogP contribution in [0.3, 0.4) is 0 Å². The fourth-order valence-corrected chi connectivity index (χ4v) is 3.18.